The molecule has 18 heavy (non-hydrogen) atoms. The Morgan fingerprint density at radius 3 is 2.39 bits per heavy atom. The predicted octanol–water partition coefficient (Wildman–Crippen LogP) is 2.28. The summed E-state index contributed by atoms with van der Waals surface area (Å²) in [6.07, 6.45) is -5.42. The van der Waals surface area contributed by atoms with Gasteiger partial charge in [0.05, 0.1) is 11.3 Å². The minimum atomic E-state index is -4.39. The van der Waals surface area contributed by atoms with Crippen LogP contribution in [0.25, 0.3) is 0 Å². The second kappa shape index (κ2) is 4.32. The molecule has 0 amide bonds. The third-order valence-corrected chi connectivity index (χ3v) is 2.49. The van der Waals surface area contributed by atoms with E-state index in [-0.39, 0.29) is 6.42 Å². The monoisotopic (exact) mass is 259 g/mol. The molecule has 1 atom stereocenters. The van der Waals surface area contributed by atoms with Crippen LogP contribution in [0.5, 0.6) is 0 Å². The van der Waals surface area contributed by atoms with E-state index in [0.29, 0.717) is 11.3 Å². The molecule has 0 aromatic heterocycles. The van der Waals surface area contributed by atoms with Gasteiger partial charge in [0.1, 0.15) is 0 Å². The molecule has 1 aliphatic heterocycles. The summed E-state index contributed by atoms with van der Waals surface area (Å²) in [5.41, 5.74) is -0.0107. The summed E-state index contributed by atoms with van der Waals surface area (Å²) >= 11 is 0. The summed E-state index contributed by atoms with van der Waals surface area (Å²) in [4.78, 5) is 15.3. The van der Waals surface area contributed by atoms with Gasteiger partial charge in [-0.25, -0.2) is 4.79 Å². The van der Waals surface area contributed by atoms with Crippen LogP contribution in [0.15, 0.2) is 29.4 Å². The number of aliphatic carboxylic acids is 1. The van der Waals surface area contributed by atoms with Crippen molar-refractivity contribution in [2.45, 2.75) is 18.7 Å². The van der Waals surface area contributed by atoms with Crippen LogP contribution in [-0.2, 0) is 15.8 Å². The van der Waals surface area contributed by atoms with Crippen LogP contribution in [0.3, 0.4) is 0 Å². The number of oxime groups is 1. The molecule has 7 heteroatoms. The van der Waals surface area contributed by atoms with Gasteiger partial charge < -0.3 is 9.94 Å². The van der Waals surface area contributed by atoms with Gasteiger partial charge in [0.25, 0.3) is 0 Å². The topological polar surface area (TPSA) is 58.9 Å². The molecular formula is C11H8F3NO3. The first-order valence-electron chi connectivity index (χ1n) is 5.01. The van der Waals surface area contributed by atoms with Crippen molar-refractivity contribution in [3.05, 3.63) is 35.4 Å². The Bertz CT molecular complexity index is 493. The molecule has 0 radical (unpaired) electrons. The Balaban J connectivity index is 2.15. The molecule has 96 valence electrons. The standard InChI is InChI=1S/C11H8F3NO3/c12-11(13,14)7-3-1-6(2-4-7)8-5-9(10(16)17)18-15-8/h1-4,9H,5H2,(H,16,17). The molecule has 0 aliphatic carbocycles. The van der Waals surface area contributed by atoms with Crippen LogP contribution < -0.4 is 0 Å². The number of carboxylic acids is 1. The quantitative estimate of drug-likeness (QED) is 0.886. The smallest absolute Gasteiger partial charge is 0.416 e. The van der Waals surface area contributed by atoms with E-state index in [1.54, 1.807) is 0 Å². The molecule has 1 N–H and O–H groups in total. The first kappa shape index (κ1) is 12.4. The summed E-state index contributed by atoms with van der Waals surface area (Å²) in [7, 11) is 0. The second-order valence-electron chi connectivity index (χ2n) is 3.75. The Labute approximate surface area is 99.7 Å². The predicted molar refractivity (Wildman–Crippen MR) is 55.1 cm³/mol. The summed E-state index contributed by atoms with van der Waals surface area (Å²) in [5.74, 6) is -1.15. The molecule has 0 saturated heterocycles. The van der Waals surface area contributed by atoms with Gasteiger partial charge in [-0.3, -0.25) is 0 Å². The molecule has 1 aromatic carbocycles. The van der Waals surface area contributed by atoms with Crippen molar-refractivity contribution in [2.75, 3.05) is 0 Å². The first-order chi connectivity index (χ1) is 8.38. The molecule has 0 fully saturated rings. The third-order valence-electron chi connectivity index (χ3n) is 2.49. The summed E-state index contributed by atoms with van der Waals surface area (Å²) in [6, 6.07) is 4.34. The molecule has 1 unspecified atom stereocenters. The largest absolute Gasteiger partial charge is 0.478 e. The number of carboxylic acid groups (broad SMARTS) is 1. The molecule has 0 bridgehead atoms. The average molecular weight is 259 g/mol. The first-order valence-corrected chi connectivity index (χ1v) is 5.01. The van der Waals surface area contributed by atoms with Crippen molar-refractivity contribution >= 4 is 11.7 Å². The van der Waals surface area contributed by atoms with Crippen molar-refractivity contribution in [3.8, 4) is 0 Å². The minimum Gasteiger partial charge on any atom is -0.478 e. The third kappa shape index (κ3) is 2.44. The highest BCUT2D eigenvalue weighted by Gasteiger charge is 2.31. The fourth-order valence-corrected chi connectivity index (χ4v) is 1.53. The zero-order valence-electron chi connectivity index (χ0n) is 8.94. The zero-order chi connectivity index (χ0) is 13.3. The van der Waals surface area contributed by atoms with Gasteiger partial charge in [0.15, 0.2) is 0 Å². The van der Waals surface area contributed by atoms with Crippen LogP contribution in [0.1, 0.15) is 17.5 Å². The molecule has 1 aliphatic rings. The van der Waals surface area contributed by atoms with Gasteiger partial charge in [-0.2, -0.15) is 13.2 Å². The average Bonchev–Trinajstić information content (AvgIpc) is 2.77. The Hall–Kier alpha value is -2.05. The highest BCUT2D eigenvalue weighted by atomic mass is 19.4. The Morgan fingerprint density at radius 2 is 1.94 bits per heavy atom. The number of rotatable bonds is 2. The summed E-state index contributed by atoms with van der Waals surface area (Å²) in [6.45, 7) is 0. The van der Waals surface area contributed by atoms with Crippen molar-refractivity contribution in [1.82, 2.24) is 0 Å². The maximum Gasteiger partial charge on any atom is 0.416 e. The lowest BCUT2D eigenvalue weighted by atomic mass is 10.0. The number of hydrogen-bond donors (Lipinski definition) is 1. The van der Waals surface area contributed by atoms with E-state index in [9.17, 15) is 18.0 Å². The van der Waals surface area contributed by atoms with E-state index in [0.717, 1.165) is 12.1 Å². The lowest BCUT2D eigenvalue weighted by Crippen LogP contribution is -2.19. The van der Waals surface area contributed by atoms with E-state index < -0.39 is 23.8 Å². The molecule has 0 saturated carbocycles. The van der Waals surface area contributed by atoms with Crippen molar-refractivity contribution in [1.29, 1.82) is 0 Å². The van der Waals surface area contributed by atoms with E-state index >= 15 is 0 Å². The molecular weight excluding hydrogens is 251 g/mol. The number of carbonyl (C=O) groups is 1. The fraction of sp³-hybridized carbons (Fsp3) is 0.273. The highest BCUT2D eigenvalue weighted by molar-refractivity contribution is 6.03. The Kier molecular flexibility index (Phi) is 2.98. The van der Waals surface area contributed by atoms with Gasteiger partial charge in [-0.1, -0.05) is 17.3 Å². The van der Waals surface area contributed by atoms with Crippen LogP contribution in [0.4, 0.5) is 13.2 Å². The van der Waals surface area contributed by atoms with Crippen LogP contribution in [-0.4, -0.2) is 22.9 Å². The van der Waals surface area contributed by atoms with Gasteiger partial charge in [-0.05, 0) is 17.7 Å². The molecule has 2 rings (SSSR count). The SMILES string of the molecule is O=C(O)C1CC(c2ccc(C(F)(F)F)cc2)=NO1. The van der Waals surface area contributed by atoms with E-state index in [1.807, 2.05) is 0 Å². The Morgan fingerprint density at radius 1 is 1.33 bits per heavy atom. The highest BCUT2D eigenvalue weighted by Crippen LogP contribution is 2.29. The number of halogens is 3. The van der Waals surface area contributed by atoms with Crippen LogP contribution in [0.2, 0.25) is 0 Å². The summed E-state index contributed by atoms with van der Waals surface area (Å²) < 4.78 is 37.0. The van der Waals surface area contributed by atoms with E-state index in [4.69, 9.17) is 5.11 Å². The van der Waals surface area contributed by atoms with Crippen molar-refractivity contribution in [3.63, 3.8) is 0 Å². The summed E-state index contributed by atoms with van der Waals surface area (Å²) in [5, 5.41) is 12.2. The van der Waals surface area contributed by atoms with Gasteiger partial charge in [0, 0.05) is 6.42 Å². The minimum absolute atomic E-state index is 0.0424. The maximum atomic E-state index is 12.3. The molecule has 1 heterocycles. The van der Waals surface area contributed by atoms with Crippen molar-refractivity contribution in [2.24, 2.45) is 5.16 Å². The van der Waals surface area contributed by atoms with Gasteiger partial charge in [0.2, 0.25) is 6.10 Å². The van der Waals surface area contributed by atoms with E-state index in [1.165, 1.54) is 12.1 Å². The molecule has 0 spiro atoms. The zero-order valence-corrected chi connectivity index (χ0v) is 8.94. The maximum absolute atomic E-state index is 12.3. The normalized spacial score (nSPS) is 19.3. The fourth-order valence-electron chi connectivity index (χ4n) is 1.53. The van der Waals surface area contributed by atoms with E-state index in [2.05, 4.69) is 9.99 Å². The van der Waals surface area contributed by atoms with Gasteiger partial charge in [-0.15, -0.1) is 0 Å². The number of hydrogen-bond acceptors (Lipinski definition) is 3. The van der Waals surface area contributed by atoms with Gasteiger partial charge >= 0.3 is 12.1 Å². The second-order valence-corrected chi connectivity index (χ2v) is 3.75. The number of alkyl halides is 3. The number of benzene rings is 1. The van der Waals surface area contributed by atoms with Crippen molar-refractivity contribution < 1.29 is 27.9 Å². The lowest BCUT2D eigenvalue weighted by Gasteiger charge is -2.06. The molecule has 1 aromatic rings. The number of nitrogens with zero attached hydrogens (tertiary/aromatic N) is 1. The van der Waals surface area contributed by atoms with Crippen LogP contribution >= 0.6 is 0 Å². The van der Waals surface area contributed by atoms with Crippen LogP contribution in [0, 0.1) is 0 Å². The lowest BCUT2D eigenvalue weighted by molar-refractivity contribution is -0.148. The molecule has 4 nitrogen and oxygen atoms in total.